The molecule has 0 saturated carbocycles. The highest BCUT2D eigenvalue weighted by Gasteiger charge is 2.21. The van der Waals surface area contributed by atoms with E-state index >= 15 is 0 Å². The van der Waals surface area contributed by atoms with Crippen LogP contribution in [0.3, 0.4) is 0 Å². The molecule has 4 nitrogen and oxygen atoms in total. The van der Waals surface area contributed by atoms with Crippen LogP contribution in [-0.4, -0.2) is 19.5 Å². The molecule has 6 heteroatoms. The third-order valence-corrected chi connectivity index (χ3v) is 5.91. The Hall–Kier alpha value is -1.79. The molecule has 0 fully saturated rings. The van der Waals surface area contributed by atoms with E-state index in [2.05, 4.69) is 15.9 Å². The first kappa shape index (κ1) is 14.2. The molecule has 3 rings (SSSR count). The summed E-state index contributed by atoms with van der Waals surface area (Å²) in [5, 5.41) is 0.880. The Morgan fingerprint density at radius 3 is 2.57 bits per heavy atom. The van der Waals surface area contributed by atoms with Crippen molar-refractivity contribution in [2.45, 2.75) is 4.90 Å². The van der Waals surface area contributed by atoms with E-state index in [1.165, 1.54) is 17.1 Å². The van der Waals surface area contributed by atoms with E-state index in [-0.39, 0.29) is 4.90 Å². The second-order valence-electron chi connectivity index (χ2n) is 4.47. The SMILES string of the molecule is COc1ccc(S(=O)(=O)n2ccc3ccccc32)c(Br)c1. The standard InChI is InChI=1S/C15H12BrNO3S/c1-20-12-6-7-15(13(16)10-12)21(18,19)17-9-8-11-4-2-3-5-14(11)17/h2-10H,1H3. The fourth-order valence-corrected chi connectivity index (χ4v) is 4.57. The lowest BCUT2D eigenvalue weighted by atomic mass is 10.3. The Morgan fingerprint density at radius 1 is 1.10 bits per heavy atom. The maximum atomic E-state index is 12.8. The molecule has 1 heterocycles. The van der Waals surface area contributed by atoms with Gasteiger partial charge in [-0.15, -0.1) is 0 Å². The van der Waals surface area contributed by atoms with Gasteiger partial charge in [0.2, 0.25) is 0 Å². The number of rotatable bonds is 3. The number of hydrogen-bond acceptors (Lipinski definition) is 3. The minimum atomic E-state index is -3.66. The summed E-state index contributed by atoms with van der Waals surface area (Å²) in [5.74, 6) is 0.596. The van der Waals surface area contributed by atoms with Crippen molar-refractivity contribution in [3.05, 3.63) is 59.2 Å². The Kier molecular flexibility index (Phi) is 3.51. The highest BCUT2D eigenvalue weighted by atomic mass is 79.9. The van der Waals surface area contributed by atoms with Crippen molar-refractivity contribution in [1.29, 1.82) is 0 Å². The van der Waals surface area contributed by atoms with Crippen LogP contribution in [0.25, 0.3) is 10.9 Å². The lowest BCUT2D eigenvalue weighted by Crippen LogP contribution is -2.12. The van der Waals surface area contributed by atoms with Crippen molar-refractivity contribution in [1.82, 2.24) is 3.97 Å². The summed E-state index contributed by atoms with van der Waals surface area (Å²) in [4.78, 5) is 0.199. The van der Waals surface area contributed by atoms with E-state index in [1.54, 1.807) is 30.5 Å². The molecule has 0 amide bonds. The van der Waals surface area contributed by atoms with Crippen LogP contribution in [0.1, 0.15) is 0 Å². The summed E-state index contributed by atoms with van der Waals surface area (Å²) >= 11 is 3.30. The highest BCUT2D eigenvalue weighted by molar-refractivity contribution is 9.10. The fourth-order valence-electron chi connectivity index (χ4n) is 2.19. The summed E-state index contributed by atoms with van der Waals surface area (Å²) in [6.45, 7) is 0. The average molecular weight is 366 g/mol. The zero-order valence-corrected chi connectivity index (χ0v) is 13.6. The van der Waals surface area contributed by atoms with Gasteiger partial charge in [-0.1, -0.05) is 18.2 Å². The minimum Gasteiger partial charge on any atom is -0.497 e. The Bertz CT molecular complexity index is 916. The predicted octanol–water partition coefficient (Wildman–Crippen LogP) is 3.65. The van der Waals surface area contributed by atoms with Gasteiger partial charge in [0.1, 0.15) is 10.6 Å². The zero-order chi connectivity index (χ0) is 15.0. The summed E-state index contributed by atoms with van der Waals surface area (Å²) < 4.78 is 32.5. The van der Waals surface area contributed by atoms with Crippen molar-refractivity contribution < 1.29 is 13.2 Å². The van der Waals surface area contributed by atoms with Crippen molar-refractivity contribution in [3.8, 4) is 5.75 Å². The van der Waals surface area contributed by atoms with E-state index in [0.29, 0.717) is 15.7 Å². The fraction of sp³-hybridized carbons (Fsp3) is 0.0667. The smallest absolute Gasteiger partial charge is 0.269 e. The van der Waals surface area contributed by atoms with Gasteiger partial charge in [-0.3, -0.25) is 0 Å². The minimum absolute atomic E-state index is 0.199. The molecule has 0 radical (unpaired) electrons. The Labute approximate surface area is 131 Å². The number of nitrogens with zero attached hydrogens (tertiary/aromatic N) is 1. The normalized spacial score (nSPS) is 11.7. The number of benzene rings is 2. The van der Waals surface area contributed by atoms with Crippen molar-refractivity contribution in [3.63, 3.8) is 0 Å². The number of halogens is 1. The number of ether oxygens (including phenoxy) is 1. The number of fused-ring (bicyclic) bond motifs is 1. The second kappa shape index (κ2) is 5.20. The second-order valence-corrected chi connectivity index (χ2v) is 7.11. The van der Waals surface area contributed by atoms with Crippen LogP contribution in [0.2, 0.25) is 0 Å². The van der Waals surface area contributed by atoms with Gasteiger partial charge in [-0.05, 0) is 46.3 Å². The van der Waals surface area contributed by atoms with Crippen LogP contribution in [0.4, 0.5) is 0 Å². The first-order valence-electron chi connectivity index (χ1n) is 6.19. The molecule has 0 saturated heterocycles. The molecule has 0 unspecified atom stereocenters. The first-order valence-corrected chi connectivity index (χ1v) is 8.42. The summed E-state index contributed by atoms with van der Waals surface area (Å²) in [5.41, 5.74) is 0.653. The third kappa shape index (κ3) is 2.34. The maximum Gasteiger partial charge on any atom is 0.269 e. The molecule has 21 heavy (non-hydrogen) atoms. The van der Waals surface area contributed by atoms with E-state index < -0.39 is 10.0 Å². The molecule has 0 atom stereocenters. The van der Waals surface area contributed by atoms with E-state index in [4.69, 9.17) is 4.74 Å². The summed E-state index contributed by atoms with van der Waals surface area (Å²) in [6.07, 6.45) is 1.57. The number of hydrogen-bond donors (Lipinski definition) is 0. The topological polar surface area (TPSA) is 48.3 Å². The van der Waals surface area contributed by atoms with Gasteiger partial charge in [0.25, 0.3) is 10.0 Å². The Balaban J connectivity index is 2.21. The van der Waals surface area contributed by atoms with Crippen LogP contribution in [-0.2, 0) is 10.0 Å². The predicted molar refractivity (Wildman–Crippen MR) is 85.2 cm³/mol. The number of para-hydroxylation sites is 1. The van der Waals surface area contributed by atoms with Crippen LogP contribution in [0, 0.1) is 0 Å². The molecule has 2 aromatic carbocycles. The molecule has 0 N–H and O–H groups in total. The van der Waals surface area contributed by atoms with Crippen molar-refractivity contribution >= 4 is 36.9 Å². The lowest BCUT2D eigenvalue weighted by Gasteiger charge is -2.10. The first-order chi connectivity index (χ1) is 10.0. The van der Waals surface area contributed by atoms with Gasteiger partial charge in [-0.25, -0.2) is 12.4 Å². The summed E-state index contributed by atoms with van der Waals surface area (Å²) in [6, 6.07) is 13.9. The third-order valence-electron chi connectivity index (χ3n) is 3.24. The molecule has 108 valence electrons. The van der Waals surface area contributed by atoms with E-state index in [1.807, 2.05) is 18.2 Å². The van der Waals surface area contributed by atoms with Gasteiger partial charge in [-0.2, -0.15) is 0 Å². The van der Waals surface area contributed by atoms with Gasteiger partial charge in [0, 0.05) is 16.1 Å². The van der Waals surface area contributed by atoms with Gasteiger partial charge in [0.15, 0.2) is 0 Å². The maximum absolute atomic E-state index is 12.8. The zero-order valence-electron chi connectivity index (χ0n) is 11.2. The summed E-state index contributed by atoms with van der Waals surface area (Å²) in [7, 11) is -2.13. The van der Waals surface area contributed by atoms with Crippen molar-refractivity contribution in [2.75, 3.05) is 7.11 Å². The molecule has 0 spiro atoms. The Morgan fingerprint density at radius 2 is 1.86 bits per heavy atom. The number of aromatic nitrogens is 1. The molecule has 0 aliphatic heterocycles. The van der Waals surface area contributed by atoms with Crippen LogP contribution < -0.4 is 4.74 Å². The largest absolute Gasteiger partial charge is 0.497 e. The van der Waals surface area contributed by atoms with Crippen molar-refractivity contribution in [2.24, 2.45) is 0 Å². The van der Waals surface area contributed by atoms with Gasteiger partial charge >= 0.3 is 0 Å². The molecule has 0 aliphatic carbocycles. The lowest BCUT2D eigenvalue weighted by molar-refractivity contribution is 0.414. The molecular weight excluding hydrogens is 354 g/mol. The monoisotopic (exact) mass is 365 g/mol. The number of methoxy groups -OCH3 is 1. The van der Waals surface area contributed by atoms with E-state index in [9.17, 15) is 8.42 Å². The van der Waals surface area contributed by atoms with Gasteiger partial charge in [0.05, 0.1) is 12.6 Å². The van der Waals surface area contributed by atoms with Crippen LogP contribution in [0.15, 0.2) is 64.1 Å². The molecule has 1 aromatic heterocycles. The van der Waals surface area contributed by atoms with E-state index in [0.717, 1.165) is 5.39 Å². The van der Waals surface area contributed by atoms with Gasteiger partial charge < -0.3 is 4.74 Å². The van der Waals surface area contributed by atoms with Crippen LogP contribution >= 0.6 is 15.9 Å². The molecular formula is C15H12BrNO3S. The molecule has 0 bridgehead atoms. The van der Waals surface area contributed by atoms with Crippen LogP contribution in [0.5, 0.6) is 5.75 Å². The quantitative estimate of drug-likeness (QED) is 0.711. The average Bonchev–Trinajstić information content (AvgIpc) is 2.91. The molecule has 0 aliphatic rings. The molecule has 3 aromatic rings. The highest BCUT2D eigenvalue weighted by Crippen LogP contribution is 2.30.